The summed E-state index contributed by atoms with van der Waals surface area (Å²) in [4.78, 5) is 58.6. The summed E-state index contributed by atoms with van der Waals surface area (Å²) in [6.45, 7) is 0. The van der Waals surface area contributed by atoms with Crippen molar-refractivity contribution in [1.29, 1.82) is 0 Å². The average molecular weight is 487 g/mol. The van der Waals surface area contributed by atoms with Crippen LogP contribution in [-0.2, 0) is 37.4 Å². The fourth-order valence-electron chi connectivity index (χ4n) is 3.54. The van der Waals surface area contributed by atoms with Gasteiger partial charge in [-0.1, -0.05) is 24.3 Å². The molecule has 0 spiro atoms. The summed E-state index contributed by atoms with van der Waals surface area (Å²) in [6, 6.07) is 8.33. The topological polar surface area (TPSA) is 182 Å². The van der Waals surface area contributed by atoms with Crippen LogP contribution in [-0.4, -0.2) is 55.6 Å². The van der Waals surface area contributed by atoms with Crippen LogP contribution in [0.5, 0.6) is 0 Å². The molecule has 1 aromatic heterocycles. The lowest BCUT2D eigenvalue weighted by Gasteiger charge is -2.19. The fraction of sp³-hybridized carbons (Fsp3) is 0.417. The van der Waals surface area contributed by atoms with Crippen LogP contribution in [0.25, 0.3) is 11.3 Å². The summed E-state index contributed by atoms with van der Waals surface area (Å²) >= 11 is 0. The Kier molecular flexibility index (Phi) is 10.1. The fourth-order valence-corrected chi connectivity index (χ4v) is 3.54. The minimum Gasteiger partial charge on any atom is -0.481 e. The number of amides is 2. The van der Waals surface area contributed by atoms with Gasteiger partial charge in [-0.05, 0) is 30.9 Å². The van der Waals surface area contributed by atoms with Crippen molar-refractivity contribution < 1.29 is 34.2 Å². The van der Waals surface area contributed by atoms with E-state index in [0.29, 0.717) is 6.42 Å². The van der Waals surface area contributed by atoms with Gasteiger partial charge in [-0.2, -0.15) is 5.10 Å². The second-order valence-corrected chi connectivity index (χ2v) is 8.33. The maximum atomic E-state index is 12.7. The van der Waals surface area contributed by atoms with E-state index in [9.17, 15) is 24.0 Å². The number of carboxylic acids is 2. The normalized spacial score (nSPS) is 12.5. The summed E-state index contributed by atoms with van der Waals surface area (Å²) in [5.74, 6) is -5.11. The Labute approximate surface area is 202 Å². The van der Waals surface area contributed by atoms with Crippen LogP contribution >= 0.6 is 0 Å². The van der Waals surface area contributed by atoms with Gasteiger partial charge in [-0.25, -0.2) is 0 Å². The average Bonchev–Trinajstić information content (AvgIpc) is 3.23. The van der Waals surface area contributed by atoms with Crippen LogP contribution in [0.2, 0.25) is 0 Å². The smallest absolute Gasteiger partial charge is 0.303 e. The first-order chi connectivity index (χ1) is 16.5. The number of Topliss-reactive ketones (excluding diaryl/α,β-unsaturated/α-hetero) is 1. The van der Waals surface area contributed by atoms with E-state index in [4.69, 9.17) is 15.9 Å². The highest BCUT2D eigenvalue weighted by Crippen LogP contribution is 2.18. The third kappa shape index (κ3) is 9.40. The number of nitrogens with two attached hydrogens (primary N) is 1. The lowest BCUT2D eigenvalue weighted by Crippen LogP contribution is -2.43. The highest BCUT2D eigenvalue weighted by Gasteiger charge is 2.27. The number of nitrogens with zero attached hydrogens (tertiary/aromatic N) is 2. The van der Waals surface area contributed by atoms with E-state index in [0.717, 1.165) is 16.8 Å². The quantitative estimate of drug-likeness (QED) is 0.290. The van der Waals surface area contributed by atoms with Crippen LogP contribution in [0.4, 0.5) is 0 Å². The number of aryl methyl sites for hydroxylation is 2. The number of hydrogen-bond acceptors (Lipinski definition) is 6. The van der Waals surface area contributed by atoms with Gasteiger partial charge in [0, 0.05) is 50.4 Å². The maximum absolute atomic E-state index is 12.7. The molecule has 2 amide bonds. The number of rotatable bonds is 15. The molecule has 0 saturated heterocycles. The molecule has 1 aromatic carbocycles. The number of carbonyl (C=O) groups is 5. The number of benzene rings is 1. The number of nitrogens with one attached hydrogen (secondary N) is 1. The van der Waals surface area contributed by atoms with Crippen molar-refractivity contribution in [3.8, 4) is 11.3 Å². The van der Waals surface area contributed by atoms with Crippen LogP contribution < -0.4 is 11.1 Å². The molecular weight excluding hydrogens is 456 g/mol. The monoisotopic (exact) mass is 486 g/mol. The lowest BCUT2D eigenvalue weighted by atomic mass is 9.92. The van der Waals surface area contributed by atoms with Gasteiger partial charge in [0.2, 0.25) is 11.8 Å². The van der Waals surface area contributed by atoms with Crippen molar-refractivity contribution in [3.63, 3.8) is 0 Å². The molecule has 1 heterocycles. The molecule has 2 rings (SSSR count). The zero-order chi connectivity index (χ0) is 26.0. The molecule has 0 aliphatic rings. The van der Waals surface area contributed by atoms with Gasteiger partial charge in [-0.15, -0.1) is 0 Å². The number of hydrogen-bond donors (Lipinski definition) is 4. The van der Waals surface area contributed by atoms with Gasteiger partial charge in [-0.3, -0.25) is 28.7 Å². The highest BCUT2D eigenvalue weighted by molar-refractivity contribution is 5.92. The summed E-state index contributed by atoms with van der Waals surface area (Å²) in [7, 11) is 1.83. The molecule has 35 heavy (non-hydrogen) atoms. The second-order valence-electron chi connectivity index (χ2n) is 8.33. The predicted octanol–water partition coefficient (Wildman–Crippen LogP) is 1.29. The van der Waals surface area contributed by atoms with Gasteiger partial charge in [0.25, 0.3) is 0 Å². The third-order valence-electron chi connectivity index (χ3n) is 5.53. The Balaban J connectivity index is 1.96. The van der Waals surface area contributed by atoms with Gasteiger partial charge in [0.05, 0.1) is 11.7 Å². The Hall–Kier alpha value is -4.02. The van der Waals surface area contributed by atoms with Gasteiger partial charge in [0.15, 0.2) is 5.78 Å². The number of aromatic nitrogens is 2. The summed E-state index contributed by atoms with van der Waals surface area (Å²) in [5, 5.41) is 24.7. The summed E-state index contributed by atoms with van der Waals surface area (Å²) in [6.07, 6.45) is 0.964. The van der Waals surface area contributed by atoms with Crippen LogP contribution in [0.1, 0.15) is 44.1 Å². The van der Waals surface area contributed by atoms with E-state index in [2.05, 4.69) is 10.4 Å². The Bertz CT molecular complexity index is 1060. The van der Waals surface area contributed by atoms with E-state index in [1.165, 1.54) is 0 Å². The molecular formula is C24H30N4O7. The first kappa shape index (κ1) is 27.2. The molecule has 0 bridgehead atoms. The molecule has 0 unspecified atom stereocenters. The largest absolute Gasteiger partial charge is 0.481 e. The molecule has 2 aromatic rings. The third-order valence-corrected chi connectivity index (χ3v) is 5.53. The molecule has 188 valence electrons. The number of primary amides is 1. The first-order valence-corrected chi connectivity index (χ1v) is 11.2. The van der Waals surface area contributed by atoms with Gasteiger partial charge in [0.1, 0.15) is 0 Å². The van der Waals surface area contributed by atoms with Crippen molar-refractivity contribution in [2.75, 3.05) is 0 Å². The molecule has 11 nitrogen and oxygen atoms in total. The van der Waals surface area contributed by atoms with Crippen molar-refractivity contribution >= 4 is 29.5 Å². The number of carbonyl (C=O) groups excluding carboxylic acids is 3. The minimum atomic E-state index is -1.14. The molecule has 0 aliphatic carbocycles. The molecule has 5 N–H and O–H groups in total. The SMILES string of the molecule is Cn1ccc(-c2ccc(CCC(=O)N[C@@H](CCC(=O)O)C(=O)C[C@@H](CCC(=O)O)C(N)=O)cc2)n1. The molecule has 0 fully saturated rings. The van der Waals surface area contributed by atoms with Crippen molar-refractivity contribution in [2.24, 2.45) is 18.7 Å². The van der Waals surface area contributed by atoms with Crippen LogP contribution in [0, 0.1) is 5.92 Å². The zero-order valence-corrected chi connectivity index (χ0v) is 19.5. The predicted molar refractivity (Wildman–Crippen MR) is 125 cm³/mol. The lowest BCUT2D eigenvalue weighted by molar-refractivity contribution is -0.139. The number of aliphatic carboxylic acids is 2. The molecule has 2 atom stereocenters. The van der Waals surface area contributed by atoms with Crippen LogP contribution in [0.3, 0.4) is 0 Å². The van der Waals surface area contributed by atoms with E-state index in [-0.39, 0.29) is 38.5 Å². The van der Waals surface area contributed by atoms with E-state index in [1.54, 1.807) is 4.68 Å². The second kappa shape index (κ2) is 13.0. The zero-order valence-electron chi connectivity index (χ0n) is 19.5. The molecule has 0 radical (unpaired) electrons. The van der Waals surface area contributed by atoms with Gasteiger partial charge < -0.3 is 21.3 Å². The number of carboxylic acid groups (broad SMARTS) is 2. The highest BCUT2D eigenvalue weighted by atomic mass is 16.4. The van der Waals surface area contributed by atoms with Crippen molar-refractivity contribution in [3.05, 3.63) is 42.1 Å². The minimum absolute atomic E-state index is 0.0675. The summed E-state index contributed by atoms with van der Waals surface area (Å²) < 4.78 is 1.70. The van der Waals surface area contributed by atoms with Crippen molar-refractivity contribution in [1.82, 2.24) is 15.1 Å². The van der Waals surface area contributed by atoms with E-state index >= 15 is 0 Å². The molecule has 11 heteroatoms. The number of ketones is 1. The Morgan fingerprint density at radius 3 is 2.14 bits per heavy atom. The van der Waals surface area contributed by atoms with Gasteiger partial charge >= 0.3 is 11.9 Å². The van der Waals surface area contributed by atoms with Crippen LogP contribution in [0.15, 0.2) is 36.5 Å². The van der Waals surface area contributed by atoms with E-state index < -0.39 is 41.5 Å². The molecule has 0 saturated carbocycles. The standard InChI is InChI=1S/C24H30N4O7/c1-28-13-12-18(27-28)16-5-2-15(3-6-16)4-9-21(30)26-19(8-11-23(33)34)20(29)14-17(24(25)35)7-10-22(31)32/h2-3,5-6,12-13,17,19H,4,7-11,14H2,1H3,(H2,25,35)(H,26,30)(H,31,32)(H,33,34)/t17-,19+/m1/s1. The molecule has 0 aliphatic heterocycles. The Morgan fingerprint density at radius 2 is 1.60 bits per heavy atom. The summed E-state index contributed by atoms with van der Waals surface area (Å²) in [5.41, 5.74) is 7.95. The first-order valence-electron chi connectivity index (χ1n) is 11.2. The maximum Gasteiger partial charge on any atom is 0.303 e. The Morgan fingerprint density at radius 1 is 0.971 bits per heavy atom. The van der Waals surface area contributed by atoms with Crippen molar-refractivity contribution in [2.45, 2.75) is 51.0 Å². The van der Waals surface area contributed by atoms with E-state index in [1.807, 2.05) is 43.6 Å².